The molecule has 0 aliphatic carbocycles. The molecule has 1 aliphatic heterocycles. The summed E-state index contributed by atoms with van der Waals surface area (Å²) in [5, 5.41) is 0. The number of piperidine rings is 1. The maximum Gasteiger partial charge on any atom is 0.220 e. The van der Waals surface area contributed by atoms with Crippen molar-refractivity contribution in [2.75, 3.05) is 18.0 Å². The number of amides is 1. The fourth-order valence-corrected chi connectivity index (χ4v) is 2.19. The summed E-state index contributed by atoms with van der Waals surface area (Å²) in [6.07, 6.45) is 5.39. The van der Waals surface area contributed by atoms with Gasteiger partial charge in [-0.05, 0) is 31.4 Å². The Kier molecular flexibility index (Phi) is 3.08. The van der Waals surface area contributed by atoms with Crippen molar-refractivity contribution in [3.05, 3.63) is 24.0 Å². The maximum atomic E-state index is 11.1. The van der Waals surface area contributed by atoms with Crippen molar-refractivity contribution in [2.24, 2.45) is 11.7 Å². The zero-order valence-corrected chi connectivity index (χ0v) is 9.52. The van der Waals surface area contributed by atoms with Crippen molar-refractivity contribution in [2.45, 2.75) is 19.8 Å². The Bertz CT molecular complexity index is 384. The molecule has 0 spiro atoms. The number of hydrogen-bond donors (Lipinski definition) is 1. The lowest BCUT2D eigenvalue weighted by molar-refractivity contribution is -0.122. The topological polar surface area (TPSA) is 59.2 Å². The number of carbonyl (C=O) groups is 1. The van der Waals surface area contributed by atoms with Crippen molar-refractivity contribution < 1.29 is 4.79 Å². The van der Waals surface area contributed by atoms with E-state index in [0.717, 1.165) is 25.9 Å². The van der Waals surface area contributed by atoms with Gasteiger partial charge in [-0.3, -0.25) is 9.78 Å². The first kappa shape index (κ1) is 10.9. The van der Waals surface area contributed by atoms with Crippen LogP contribution in [0.1, 0.15) is 18.4 Å². The first-order chi connectivity index (χ1) is 7.68. The highest BCUT2D eigenvalue weighted by molar-refractivity contribution is 5.77. The van der Waals surface area contributed by atoms with E-state index in [2.05, 4.69) is 16.8 Å². The molecule has 0 bridgehead atoms. The number of carbonyl (C=O) groups excluding carboxylic acids is 1. The Balaban J connectivity index is 2.05. The molecule has 4 nitrogen and oxygen atoms in total. The smallest absolute Gasteiger partial charge is 0.220 e. The van der Waals surface area contributed by atoms with Crippen LogP contribution in [-0.4, -0.2) is 24.0 Å². The highest BCUT2D eigenvalue weighted by Gasteiger charge is 2.23. The normalized spacial score (nSPS) is 17.4. The Morgan fingerprint density at radius 2 is 2.19 bits per heavy atom. The largest absolute Gasteiger partial charge is 0.370 e. The van der Waals surface area contributed by atoms with Crippen molar-refractivity contribution in [3.63, 3.8) is 0 Å². The van der Waals surface area contributed by atoms with Crippen LogP contribution >= 0.6 is 0 Å². The summed E-state index contributed by atoms with van der Waals surface area (Å²) in [4.78, 5) is 17.5. The quantitative estimate of drug-likeness (QED) is 0.810. The van der Waals surface area contributed by atoms with Crippen molar-refractivity contribution in [1.29, 1.82) is 0 Å². The molecule has 0 atom stereocenters. The highest BCUT2D eigenvalue weighted by Crippen LogP contribution is 2.24. The number of primary amides is 1. The van der Waals surface area contributed by atoms with E-state index in [1.54, 1.807) is 6.20 Å². The van der Waals surface area contributed by atoms with Crippen LogP contribution in [0.25, 0.3) is 0 Å². The SMILES string of the molecule is Cc1ccncc1N1CCC(C(N)=O)CC1. The molecule has 0 radical (unpaired) electrons. The molecule has 0 unspecified atom stereocenters. The van der Waals surface area contributed by atoms with E-state index in [1.165, 1.54) is 11.3 Å². The van der Waals surface area contributed by atoms with Gasteiger partial charge in [0, 0.05) is 25.2 Å². The van der Waals surface area contributed by atoms with Crippen LogP contribution in [-0.2, 0) is 4.79 Å². The summed E-state index contributed by atoms with van der Waals surface area (Å²) in [6, 6.07) is 2.01. The number of anilines is 1. The number of nitrogens with two attached hydrogens (primary N) is 1. The van der Waals surface area contributed by atoms with Gasteiger partial charge in [0.2, 0.25) is 5.91 Å². The predicted octanol–water partition coefficient (Wildman–Crippen LogP) is 1.09. The number of aromatic nitrogens is 1. The van der Waals surface area contributed by atoms with Crippen LogP contribution in [0.2, 0.25) is 0 Å². The number of pyridine rings is 1. The highest BCUT2D eigenvalue weighted by atomic mass is 16.1. The molecule has 0 saturated carbocycles. The van der Waals surface area contributed by atoms with Gasteiger partial charge < -0.3 is 10.6 Å². The molecular formula is C12H17N3O. The maximum absolute atomic E-state index is 11.1. The van der Waals surface area contributed by atoms with Gasteiger partial charge in [-0.2, -0.15) is 0 Å². The predicted molar refractivity (Wildman–Crippen MR) is 63.1 cm³/mol. The molecule has 1 aromatic rings. The summed E-state index contributed by atoms with van der Waals surface area (Å²) in [5.41, 5.74) is 7.71. The van der Waals surface area contributed by atoms with Crippen molar-refractivity contribution >= 4 is 11.6 Å². The number of aryl methyl sites for hydroxylation is 1. The van der Waals surface area contributed by atoms with Gasteiger partial charge in [-0.25, -0.2) is 0 Å². The Labute approximate surface area is 95.5 Å². The minimum absolute atomic E-state index is 0.0493. The first-order valence-electron chi connectivity index (χ1n) is 5.63. The third-order valence-corrected chi connectivity index (χ3v) is 3.25. The Morgan fingerprint density at radius 3 is 2.75 bits per heavy atom. The van der Waals surface area contributed by atoms with Crippen LogP contribution in [0.15, 0.2) is 18.5 Å². The van der Waals surface area contributed by atoms with Crippen LogP contribution in [0, 0.1) is 12.8 Å². The molecule has 1 aromatic heterocycles. The summed E-state index contributed by atoms with van der Waals surface area (Å²) in [6.45, 7) is 3.86. The van der Waals surface area contributed by atoms with E-state index in [-0.39, 0.29) is 11.8 Å². The zero-order chi connectivity index (χ0) is 11.5. The molecule has 2 heterocycles. The van der Waals surface area contributed by atoms with E-state index in [1.807, 2.05) is 12.3 Å². The van der Waals surface area contributed by atoms with E-state index in [9.17, 15) is 4.79 Å². The van der Waals surface area contributed by atoms with E-state index in [0.29, 0.717) is 0 Å². The second-order valence-corrected chi connectivity index (χ2v) is 4.33. The molecule has 4 heteroatoms. The van der Waals surface area contributed by atoms with Crippen LogP contribution in [0.4, 0.5) is 5.69 Å². The number of rotatable bonds is 2. The average molecular weight is 219 g/mol. The van der Waals surface area contributed by atoms with Crippen molar-refractivity contribution in [1.82, 2.24) is 4.98 Å². The minimum atomic E-state index is -0.164. The fraction of sp³-hybridized carbons (Fsp3) is 0.500. The molecule has 2 N–H and O–H groups in total. The lowest BCUT2D eigenvalue weighted by atomic mass is 9.96. The fourth-order valence-electron chi connectivity index (χ4n) is 2.19. The molecular weight excluding hydrogens is 202 g/mol. The zero-order valence-electron chi connectivity index (χ0n) is 9.52. The van der Waals surface area contributed by atoms with E-state index >= 15 is 0 Å². The summed E-state index contributed by atoms with van der Waals surface area (Å²) in [7, 11) is 0. The number of nitrogens with zero attached hydrogens (tertiary/aromatic N) is 2. The van der Waals surface area contributed by atoms with Gasteiger partial charge in [-0.1, -0.05) is 0 Å². The number of hydrogen-bond acceptors (Lipinski definition) is 3. The van der Waals surface area contributed by atoms with Crippen LogP contribution < -0.4 is 10.6 Å². The monoisotopic (exact) mass is 219 g/mol. The first-order valence-corrected chi connectivity index (χ1v) is 5.63. The molecule has 1 amide bonds. The van der Waals surface area contributed by atoms with Crippen LogP contribution in [0.5, 0.6) is 0 Å². The molecule has 86 valence electrons. The average Bonchev–Trinajstić information content (AvgIpc) is 2.30. The molecule has 1 fully saturated rings. The third kappa shape index (κ3) is 2.15. The molecule has 1 aliphatic rings. The van der Waals surface area contributed by atoms with Gasteiger partial charge in [0.25, 0.3) is 0 Å². The second-order valence-electron chi connectivity index (χ2n) is 4.33. The molecule has 16 heavy (non-hydrogen) atoms. The lowest BCUT2D eigenvalue weighted by Gasteiger charge is -2.32. The van der Waals surface area contributed by atoms with Crippen LogP contribution in [0.3, 0.4) is 0 Å². The third-order valence-electron chi connectivity index (χ3n) is 3.25. The lowest BCUT2D eigenvalue weighted by Crippen LogP contribution is -2.38. The minimum Gasteiger partial charge on any atom is -0.370 e. The molecule has 1 saturated heterocycles. The second kappa shape index (κ2) is 4.51. The summed E-state index contributed by atoms with van der Waals surface area (Å²) >= 11 is 0. The Morgan fingerprint density at radius 1 is 1.50 bits per heavy atom. The summed E-state index contributed by atoms with van der Waals surface area (Å²) < 4.78 is 0. The van der Waals surface area contributed by atoms with E-state index in [4.69, 9.17) is 5.73 Å². The van der Waals surface area contributed by atoms with Gasteiger partial charge in [0.15, 0.2) is 0 Å². The van der Waals surface area contributed by atoms with Gasteiger partial charge in [0.05, 0.1) is 11.9 Å². The standard InChI is InChI=1S/C12H17N3O/c1-9-2-5-14-8-11(9)15-6-3-10(4-7-15)12(13)16/h2,5,8,10H,3-4,6-7H2,1H3,(H2,13,16). The van der Waals surface area contributed by atoms with E-state index < -0.39 is 0 Å². The van der Waals surface area contributed by atoms with Gasteiger partial charge in [0.1, 0.15) is 0 Å². The molecule has 2 rings (SSSR count). The van der Waals surface area contributed by atoms with Crippen molar-refractivity contribution in [3.8, 4) is 0 Å². The summed E-state index contributed by atoms with van der Waals surface area (Å²) in [5.74, 6) is -0.115. The van der Waals surface area contributed by atoms with Gasteiger partial charge in [-0.15, -0.1) is 0 Å². The molecule has 0 aromatic carbocycles. The Hall–Kier alpha value is -1.58. The van der Waals surface area contributed by atoms with Gasteiger partial charge >= 0.3 is 0 Å².